The van der Waals surface area contributed by atoms with Crippen LogP contribution in [0.5, 0.6) is 0 Å². The Hall–Kier alpha value is -2.33. The molecule has 0 bridgehead atoms. The molecule has 5 heteroatoms. The maximum Gasteiger partial charge on any atom is 0.242 e. The van der Waals surface area contributed by atoms with Gasteiger partial charge in [0.15, 0.2) is 0 Å². The van der Waals surface area contributed by atoms with Crippen molar-refractivity contribution in [2.45, 2.75) is 59.2 Å². The largest absolute Gasteiger partial charge is 0.352 e. The monoisotopic (exact) mass is 400 g/mol. The van der Waals surface area contributed by atoms with Crippen LogP contribution < -0.4 is 5.32 Å². The first kappa shape index (κ1) is 22.0. The summed E-state index contributed by atoms with van der Waals surface area (Å²) in [6.45, 7) is 8.15. The summed E-state index contributed by atoms with van der Waals surface area (Å²) in [5.74, 6) is -0.265. The van der Waals surface area contributed by atoms with Crippen LogP contribution in [0.15, 0.2) is 48.5 Å². The van der Waals surface area contributed by atoms with Gasteiger partial charge in [-0.3, -0.25) is 9.59 Å². The Balaban J connectivity index is 2.26. The predicted molar refractivity (Wildman–Crippen MR) is 114 cm³/mol. The van der Waals surface area contributed by atoms with Crippen molar-refractivity contribution in [2.75, 3.05) is 0 Å². The summed E-state index contributed by atoms with van der Waals surface area (Å²) in [7, 11) is 0. The van der Waals surface area contributed by atoms with Crippen molar-refractivity contribution in [3.63, 3.8) is 0 Å². The van der Waals surface area contributed by atoms with Gasteiger partial charge in [-0.05, 0) is 49.9 Å². The maximum absolute atomic E-state index is 13.2. The highest BCUT2D eigenvalue weighted by Gasteiger charge is 2.27. The Kier molecular flexibility index (Phi) is 8.06. The van der Waals surface area contributed by atoms with Gasteiger partial charge in [-0.15, -0.1) is 0 Å². The first-order valence-corrected chi connectivity index (χ1v) is 10.1. The molecule has 2 atom stereocenters. The molecular weight excluding hydrogens is 372 g/mol. The number of nitrogens with zero attached hydrogens (tertiary/aromatic N) is 1. The molecular formula is C23H29ClN2O2. The van der Waals surface area contributed by atoms with Gasteiger partial charge in [-0.1, -0.05) is 61.0 Å². The highest BCUT2D eigenvalue weighted by molar-refractivity contribution is 6.31. The van der Waals surface area contributed by atoms with E-state index in [0.29, 0.717) is 11.6 Å². The second-order valence-corrected chi connectivity index (χ2v) is 7.62. The van der Waals surface area contributed by atoms with E-state index in [1.54, 1.807) is 17.9 Å². The second-order valence-electron chi connectivity index (χ2n) is 7.21. The van der Waals surface area contributed by atoms with Gasteiger partial charge in [-0.25, -0.2) is 0 Å². The van der Waals surface area contributed by atoms with Gasteiger partial charge in [0.25, 0.3) is 0 Å². The van der Waals surface area contributed by atoms with Gasteiger partial charge in [0.2, 0.25) is 11.8 Å². The van der Waals surface area contributed by atoms with Crippen LogP contribution in [-0.2, 0) is 22.6 Å². The van der Waals surface area contributed by atoms with Crippen LogP contribution in [0.4, 0.5) is 0 Å². The number of carbonyl (C=O) groups is 2. The zero-order valence-electron chi connectivity index (χ0n) is 17.0. The zero-order valence-corrected chi connectivity index (χ0v) is 17.8. The predicted octanol–water partition coefficient (Wildman–Crippen LogP) is 4.52. The fourth-order valence-electron chi connectivity index (χ4n) is 2.93. The van der Waals surface area contributed by atoms with Gasteiger partial charge in [-0.2, -0.15) is 0 Å². The van der Waals surface area contributed by atoms with Crippen molar-refractivity contribution in [1.29, 1.82) is 0 Å². The normalized spacial score (nSPS) is 12.9. The van der Waals surface area contributed by atoms with E-state index in [0.717, 1.165) is 23.1 Å². The number of aryl methyl sites for hydroxylation is 1. The molecule has 1 N–H and O–H groups in total. The first-order chi connectivity index (χ1) is 13.3. The topological polar surface area (TPSA) is 49.4 Å². The summed E-state index contributed by atoms with van der Waals surface area (Å²) >= 11 is 6.24. The van der Waals surface area contributed by atoms with Crippen molar-refractivity contribution in [2.24, 2.45) is 0 Å². The SMILES string of the molecule is CCC(C)NC(=O)C(C)N(Cc1ccccc1C)C(=O)Cc1ccccc1Cl. The lowest BCUT2D eigenvalue weighted by Crippen LogP contribution is -2.50. The third-order valence-electron chi connectivity index (χ3n) is 5.07. The van der Waals surface area contributed by atoms with Gasteiger partial charge in [0, 0.05) is 17.6 Å². The van der Waals surface area contributed by atoms with Gasteiger partial charge < -0.3 is 10.2 Å². The molecule has 4 nitrogen and oxygen atoms in total. The molecule has 2 aromatic rings. The third kappa shape index (κ3) is 5.83. The number of benzene rings is 2. The molecule has 0 aliphatic heterocycles. The van der Waals surface area contributed by atoms with Crippen LogP contribution in [0.1, 0.15) is 43.9 Å². The van der Waals surface area contributed by atoms with E-state index in [2.05, 4.69) is 5.32 Å². The first-order valence-electron chi connectivity index (χ1n) is 9.71. The van der Waals surface area contributed by atoms with Crippen LogP contribution in [0.25, 0.3) is 0 Å². The Morgan fingerprint density at radius 2 is 1.64 bits per heavy atom. The quantitative estimate of drug-likeness (QED) is 0.708. The van der Waals surface area contributed by atoms with Crippen molar-refractivity contribution in [3.05, 3.63) is 70.2 Å². The zero-order chi connectivity index (χ0) is 20.7. The summed E-state index contributed by atoms with van der Waals surface area (Å²) in [6, 6.07) is 14.7. The van der Waals surface area contributed by atoms with Crippen molar-refractivity contribution in [3.8, 4) is 0 Å². The van der Waals surface area contributed by atoms with E-state index < -0.39 is 6.04 Å². The number of hydrogen-bond donors (Lipinski definition) is 1. The van der Waals surface area contributed by atoms with E-state index >= 15 is 0 Å². The summed E-state index contributed by atoms with van der Waals surface area (Å²) in [4.78, 5) is 27.5. The number of carbonyl (C=O) groups excluding carboxylic acids is 2. The van der Waals surface area contributed by atoms with Gasteiger partial charge >= 0.3 is 0 Å². The molecule has 0 fully saturated rings. The fourth-order valence-corrected chi connectivity index (χ4v) is 3.13. The van der Waals surface area contributed by atoms with E-state index in [9.17, 15) is 9.59 Å². The Labute approximate surface area is 172 Å². The molecule has 2 aromatic carbocycles. The summed E-state index contributed by atoms with van der Waals surface area (Å²) < 4.78 is 0. The molecule has 2 amide bonds. The lowest BCUT2D eigenvalue weighted by Gasteiger charge is -2.30. The minimum atomic E-state index is -0.580. The van der Waals surface area contributed by atoms with E-state index in [4.69, 9.17) is 11.6 Å². The molecule has 28 heavy (non-hydrogen) atoms. The molecule has 0 heterocycles. The molecule has 0 radical (unpaired) electrons. The van der Waals surface area contributed by atoms with Crippen LogP contribution in [0.3, 0.4) is 0 Å². The second kappa shape index (κ2) is 10.3. The molecule has 0 aromatic heterocycles. The molecule has 0 saturated carbocycles. The van der Waals surface area contributed by atoms with Gasteiger partial charge in [0.05, 0.1) is 6.42 Å². The van der Waals surface area contributed by atoms with Gasteiger partial charge in [0.1, 0.15) is 6.04 Å². The molecule has 0 aliphatic carbocycles. The lowest BCUT2D eigenvalue weighted by atomic mass is 10.1. The highest BCUT2D eigenvalue weighted by Crippen LogP contribution is 2.19. The third-order valence-corrected chi connectivity index (χ3v) is 5.44. The number of rotatable bonds is 8. The van der Waals surface area contributed by atoms with Crippen LogP contribution in [0.2, 0.25) is 5.02 Å². The minimum Gasteiger partial charge on any atom is -0.352 e. The smallest absolute Gasteiger partial charge is 0.242 e. The Bertz CT molecular complexity index is 822. The number of hydrogen-bond acceptors (Lipinski definition) is 2. The molecule has 150 valence electrons. The van der Waals surface area contributed by atoms with Crippen LogP contribution >= 0.6 is 11.6 Å². The standard InChI is InChI=1S/C23H29ClN2O2/c1-5-17(3)25-23(28)18(4)26(15-20-12-7-6-10-16(20)2)22(27)14-19-11-8-9-13-21(19)24/h6-13,17-18H,5,14-15H2,1-4H3,(H,25,28). The molecule has 2 rings (SSSR count). The lowest BCUT2D eigenvalue weighted by molar-refractivity contribution is -0.140. The molecule has 0 aliphatic rings. The molecule has 2 unspecified atom stereocenters. The van der Waals surface area contributed by atoms with E-state index in [1.165, 1.54) is 0 Å². The van der Waals surface area contributed by atoms with Crippen molar-refractivity contribution >= 4 is 23.4 Å². The average molecular weight is 401 g/mol. The molecule has 0 spiro atoms. The average Bonchev–Trinajstić information content (AvgIpc) is 2.68. The summed E-state index contributed by atoms with van der Waals surface area (Å²) in [6.07, 6.45) is 0.996. The fraction of sp³-hybridized carbons (Fsp3) is 0.391. The van der Waals surface area contributed by atoms with Crippen molar-refractivity contribution < 1.29 is 9.59 Å². The van der Waals surface area contributed by atoms with Crippen molar-refractivity contribution in [1.82, 2.24) is 10.2 Å². The number of halogens is 1. The maximum atomic E-state index is 13.2. The number of nitrogens with one attached hydrogen (secondary N) is 1. The summed E-state index contributed by atoms with van der Waals surface area (Å²) in [5, 5.41) is 3.54. The Morgan fingerprint density at radius 3 is 2.25 bits per heavy atom. The highest BCUT2D eigenvalue weighted by atomic mass is 35.5. The Morgan fingerprint density at radius 1 is 1.04 bits per heavy atom. The summed E-state index contributed by atoms with van der Waals surface area (Å²) in [5.41, 5.74) is 2.88. The van der Waals surface area contributed by atoms with E-state index in [1.807, 2.05) is 63.2 Å². The number of amides is 2. The van der Waals surface area contributed by atoms with Crippen LogP contribution in [-0.4, -0.2) is 28.8 Å². The minimum absolute atomic E-state index is 0.0638. The van der Waals surface area contributed by atoms with E-state index in [-0.39, 0.29) is 24.3 Å². The molecule has 0 saturated heterocycles. The van der Waals surface area contributed by atoms with Crippen LogP contribution in [0, 0.1) is 6.92 Å².